The molecule has 0 aliphatic heterocycles. The number of hydrogen-bond acceptors (Lipinski definition) is 0. The molecule has 4 aliphatic carbocycles. The van der Waals surface area contributed by atoms with Crippen LogP contribution < -0.4 is 0 Å². The Bertz CT molecular complexity index is 197. The lowest BCUT2D eigenvalue weighted by molar-refractivity contribution is -0.0906. The van der Waals surface area contributed by atoms with Crippen LogP contribution in [-0.4, -0.2) is 0 Å². The third-order valence-electron chi connectivity index (χ3n) is 5.26. The highest BCUT2D eigenvalue weighted by Crippen LogP contribution is 2.62. The molecule has 4 unspecified atom stereocenters. The average Bonchev–Trinajstić information content (AvgIpc) is 1.98. The van der Waals surface area contributed by atoms with Gasteiger partial charge in [0.15, 0.2) is 0 Å². The second-order valence-electron chi connectivity index (χ2n) is 6.05. The molecular formula is C12H23P. The van der Waals surface area contributed by atoms with Crippen LogP contribution in [0.3, 0.4) is 0 Å². The Morgan fingerprint density at radius 1 is 1.00 bits per heavy atom. The second-order valence-corrected chi connectivity index (χ2v) is 6.05. The first-order valence-electron chi connectivity index (χ1n) is 5.67. The predicted octanol–water partition coefficient (Wildman–Crippen LogP) is 3.53. The van der Waals surface area contributed by atoms with Gasteiger partial charge in [0.2, 0.25) is 0 Å². The van der Waals surface area contributed by atoms with Gasteiger partial charge in [-0.05, 0) is 61.2 Å². The van der Waals surface area contributed by atoms with Crippen molar-refractivity contribution in [2.45, 2.75) is 46.0 Å². The van der Waals surface area contributed by atoms with Crippen LogP contribution in [0.25, 0.3) is 0 Å². The lowest BCUT2D eigenvalue weighted by Crippen LogP contribution is -2.50. The lowest BCUT2D eigenvalue weighted by Gasteiger charge is -2.59. The summed E-state index contributed by atoms with van der Waals surface area (Å²) in [5.41, 5.74) is 0.759. The molecule has 13 heavy (non-hydrogen) atoms. The van der Waals surface area contributed by atoms with E-state index in [1.54, 1.807) is 32.1 Å². The van der Waals surface area contributed by atoms with Gasteiger partial charge in [0, 0.05) is 0 Å². The third kappa shape index (κ3) is 1.29. The van der Waals surface area contributed by atoms with Crippen LogP contribution in [0.2, 0.25) is 0 Å². The van der Waals surface area contributed by atoms with E-state index in [4.69, 9.17) is 0 Å². The van der Waals surface area contributed by atoms with Crippen molar-refractivity contribution in [2.24, 2.45) is 29.1 Å². The SMILES string of the molecule is CC1C2CC3CC(C2)CC1(C)C3.P. The van der Waals surface area contributed by atoms with Gasteiger partial charge < -0.3 is 0 Å². The van der Waals surface area contributed by atoms with Gasteiger partial charge in [0.05, 0.1) is 0 Å². The zero-order valence-corrected chi connectivity index (χ0v) is 10.5. The molecule has 0 radical (unpaired) electrons. The average molecular weight is 198 g/mol. The van der Waals surface area contributed by atoms with E-state index in [1.807, 2.05) is 0 Å². The summed E-state index contributed by atoms with van der Waals surface area (Å²) in [6.45, 7) is 5.07. The molecule has 0 N–H and O–H groups in total. The minimum atomic E-state index is 0. The fourth-order valence-corrected chi connectivity index (χ4v) is 4.70. The van der Waals surface area contributed by atoms with Gasteiger partial charge >= 0.3 is 0 Å². The molecule has 76 valence electrons. The summed E-state index contributed by atoms with van der Waals surface area (Å²) >= 11 is 0. The van der Waals surface area contributed by atoms with Crippen molar-refractivity contribution in [1.82, 2.24) is 0 Å². The van der Waals surface area contributed by atoms with Gasteiger partial charge in [-0.15, -0.1) is 0 Å². The number of hydrogen-bond donors (Lipinski definition) is 0. The Morgan fingerprint density at radius 3 is 2.00 bits per heavy atom. The molecule has 0 nitrogen and oxygen atoms in total. The van der Waals surface area contributed by atoms with E-state index in [-0.39, 0.29) is 9.90 Å². The van der Waals surface area contributed by atoms with E-state index < -0.39 is 0 Å². The van der Waals surface area contributed by atoms with Gasteiger partial charge in [-0.2, -0.15) is 9.90 Å². The Balaban J connectivity index is 0.000000653. The van der Waals surface area contributed by atoms with Crippen LogP contribution in [0.4, 0.5) is 0 Å². The summed E-state index contributed by atoms with van der Waals surface area (Å²) in [4.78, 5) is 0. The summed E-state index contributed by atoms with van der Waals surface area (Å²) < 4.78 is 0. The van der Waals surface area contributed by atoms with Crippen LogP contribution in [-0.2, 0) is 0 Å². The largest absolute Gasteiger partial charge is 0.153 e. The van der Waals surface area contributed by atoms with E-state index >= 15 is 0 Å². The van der Waals surface area contributed by atoms with Gasteiger partial charge in [-0.1, -0.05) is 13.8 Å². The molecule has 4 rings (SSSR count). The first-order valence-corrected chi connectivity index (χ1v) is 5.67. The Hall–Kier alpha value is 0.430. The van der Waals surface area contributed by atoms with E-state index in [0.717, 1.165) is 29.1 Å². The highest BCUT2D eigenvalue weighted by atomic mass is 31.0. The topological polar surface area (TPSA) is 0 Å². The molecule has 4 aliphatic rings. The Labute approximate surface area is 85.5 Å². The maximum atomic E-state index is 2.56. The highest BCUT2D eigenvalue weighted by molar-refractivity contribution is 6.92. The van der Waals surface area contributed by atoms with Gasteiger partial charge in [0.1, 0.15) is 0 Å². The van der Waals surface area contributed by atoms with E-state index in [1.165, 1.54) is 0 Å². The molecule has 4 atom stereocenters. The minimum absolute atomic E-state index is 0. The van der Waals surface area contributed by atoms with Crippen molar-refractivity contribution in [3.63, 3.8) is 0 Å². The van der Waals surface area contributed by atoms with E-state index in [9.17, 15) is 0 Å². The molecule has 0 aromatic heterocycles. The van der Waals surface area contributed by atoms with Crippen LogP contribution in [0.1, 0.15) is 46.0 Å². The van der Waals surface area contributed by atoms with Crippen molar-refractivity contribution in [3.8, 4) is 0 Å². The first-order chi connectivity index (χ1) is 5.67. The van der Waals surface area contributed by atoms with Crippen LogP contribution >= 0.6 is 9.90 Å². The molecule has 1 heteroatoms. The molecule has 0 saturated heterocycles. The van der Waals surface area contributed by atoms with Gasteiger partial charge in [0.25, 0.3) is 0 Å². The molecular weight excluding hydrogens is 175 g/mol. The van der Waals surface area contributed by atoms with Crippen molar-refractivity contribution in [3.05, 3.63) is 0 Å². The first kappa shape index (κ1) is 9.97. The third-order valence-corrected chi connectivity index (χ3v) is 5.26. The van der Waals surface area contributed by atoms with Crippen LogP contribution in [0.15, 0.2) is 0 Å². The molecule has 4 bridgehead atoms. The molecule has 0 aromatic carbocycles. The predicted molar refractivity (Wildman–Crippen MR) is 61.9 cm³/mol. The Kier molecular flexibility index (Phi) is 2.27. The highest BCUT2D eigenvalue weighted by Gasteiger charge is 2.52. The van der Waals surface area contributed by atoms with Gasteiger partial charge in [-0.25, -0.2) is 0 Å². The van der Waals surface area contributed by atoms with E-state index in [2.05, 4.69) is 13.8 Å². The molecule has 0 heterocycles. The van der Waals surface area contributed by atoms with Crippen molar-refractivity contribution in [2.75, 3.05) is 0 Å². The standard InChI is InChI=1S/C12H20.H3P/c1-8-11-4-9-3-10(5-11)7-12(8,2)6-9;/h8-11H,3-7H2,1-2H3;1H3. The summed E-state index contributed by atoms with van der Waals surface area (Å²) in [6.07, 6.45) is 7.85. The van der Waals surface area contributed by atoms with Gasteiger partial charge in [-0.3, -0.25) is 0 Å². The smallest absolute Gasteiger partial charge is 0.0292 e. The molecule has 0 amide bonds. The van der Waals surface area contributed by atoms with Crippen LogP contribution in [0, 0.1) is 29.1 Å². The van der Waals surface area contributed by atoms with Crippen LogP contribution in [0.5, 0.6) is 0 Å². The van der Waals surface area contributed by atoms with Crippen molar-refractivity contribution >= 4 is 9.90 Å². The molecule has 4 fully saturated rings. The lowest BCUT2D eigenvalue weighted by atomic mass is 9.46. The number of rotatable bonds is 0. The summed E-state index contributed by atoms with van der Waals surface area (Å²) in [5.74, 6) is 4.40. The maximum absolute atomic E-state index is 2.56. The van der Waals surface area contributed by atoms with Crippen molar-refractivity contribution in [1.29, 1.82) is 0 Å². The molecule has 0 spiro atoms. The molecule has 0 aromatic rings. The fraction of sp³-hybridized carbons (Fsp3) is 1.00. The molecule has 4 saturated carbocycles. The summed E-state index contributed by atoms with van der Waals surface area (Å²) in [7, 11) is 0. The van der Waals surface area contributed by atoms with Crippen molar-refractivity contribution < 1.29 is 0 Å². The zero-order chi connectivity index (χ0) is 8.34. The maximum Gasteiger partial charge on any atom is -0.0292 e. The minimum Gasteiger partial charge on any atom is -0.153 e. The fourth-order valence-electron chi connectivity index (χ4n) is 4.70. The summed E-state index contributed by atoms with van der Waals surface area (Å²) in [5, 5.41) is 0. The second kappa shape index (κ2) is 2.96. The zero-order valence-electron chi connectivity index (χ0n) is 9.05. The monoisotopic (exact) mass is 198 g/mol. The Morgan fingerprint density at radius 2 is 1.54 bits per heavy atom. The summed E-state index contributed by atoms with van der Waals surface area (Å²) in [6, 6.07) is 0. The normalized spacial score (nSPS) is 57.7. The quantitative estimate of drug-likeness (QED) is 0.522. The van der Waals surface area contributed by atoms with E-state index in [0.29, 0.717) is 0 Å².